The van der Waals surface area contributed by atoms with Crippen LogP contribution in [-0.2, 0) is 0 Å². The summed E-state index contributed by atoms with van der Waals surface area (Å²) in [6.07, 6.45) is 2.81. The van der Waals surface area contributed by atoms with E-state index in [9.17, 15) is 0 Å². The predicted molar refractivity (Wildman–Crippen MR) is 42.0 cm³/mol. The quantitative estimate of drug-likeness (QED) is 0.591. The Morgan fingerprint density at radius 1 is 1.40 bits per heavy atom. The summed E-state index contributed by atoms with van der Waals surface area (Å²) in [4.78, 5) is 0. The second kappa shape index (κ2) is 2.51. The minimum Gasteiger partial charge on any atom is -0.316 e. The van der Waals surface area contributed by atoms with Crippen LogP contribution in [0.25, 0.3) is 0 Å². The molecule has 2 rings (SSSR count). The Balaban J connectivity index is 1.69. The molecule has 2 aliphatic rings. The highest BCUT2D eigenvalue weighted by Gasteiger charge is 2.29. The first kappa shape index (κ1) is 6.62. The molecule has 1 heterocycles. The number of hydrogen-bond donors (Lipinski definition) is 2. The molecule has 1 aliphatic heterocycles. The first-order chi connectivity index (χ1) is 4.86. The van der Waals surface area contributed by atoms with Crippen LogP contribution in [0.5, 0.6) is 0 Å². The lowest BCUT2D eigenvalue weighted by molar-refractivity contribution is 0.267. The third-order valence-corrected chi connectivity index (χ3v) is 2.60. The van der Waals surface area contributed by atoms with E-state index in [-0.39, 0.29) is 0 Å². The van der Waals surface area contributed by atoms with E-state index >= 15 is 0 Å². The molecule has 0 aromatic heterocycles. The molecule has 1 saturated heterocycles. The van der Waals surface area contributed by atoms with Crippen LogP contribution in [0.4, 0.5) is 0 Å². The third-order valence-electron chi connectivity index (χ3n) is 2.60. The van der Waals surface area contributed by atoms with Gasteiger partial charge in [-0.1, -0.05) is 0 Å². The molecule has 0 aromatic rings. The zero-order chi connectivity index (χ0) is 6.97. The van der Waals surface area contributed by atoms with Crippen LogP contribution in [0.1, 0.15) is 19.8 Å². The minimum atomic E-state index is 0.744. The summed E-state index contributed by atoms with van der Waals surface area (Å²) in [5.74, 6) is 0.903. The fraction of sp³-hybridized carbons (Fsp3) is 1.00. The number of hydrogen-bond acceptors (Lipinski definition) is 2. The molecular weight excluding hydrogens is 124 g/mol. The molecule has 0 amide bonds. The smallest absolute Gasteiger partial charge is 0.00938 e. The molecule has 0 bridgehead atoms. The molecule has 2 heteroatoms. The lowest BCUT2D eigenvalue weighted by Gasteiger charge is -2.33. The third kappa shape index (κ3) is 1.32. The van der Waals surface area contributed by atoms with Gasteiger partial charge < -0.3 is 10.6 Å². The van der Waals surface area contributed by atoms with Gasteiger partial charge in [-0.05, 0) is 25.7 Å². The van der Waals surface area contributed by atoms with Gasteiger partial charge >= 0.3 is 0 Å². The Morgan fingerprint density at radius 2 is 2.10 bits per heavy atom. The van der Waals surface area contributed by atoms with Crippen molar-refractivity contribution in [3.05, 3.63) is 0 Å². The molecule has 0 aromatic carbocycles. The second-order valence-corrected chi connectivity index (χ2v) is 3.65. The van der Waals surface area contributed by atoms with Crippen molar-refractivity contribution in [2.24, 2.45) is 5.92 Å². The first-order valence-corrected chi connectivity index (χ1v) is 4.33. The first-order valence-electron chi connectivity index (χ1n) is 4.33. The van der Waals surface area contributed by atoms with Gasteiger partial charge in [-0.3, -0.25) is 0 Å². The van der Waals surface area contributed by atoms with Crippen LogP contribution in [0, 0.1) is 5.92 Å². The van der Waals surface area contributed by atoms with Gasteiger partial charge in [0.1, 0.15) is 0 Å². The topological polar surface area (TPSA) is 24.1 Å². The molecule has 0 radical (unpaired) electrons. The Hall–Kier alpha value is -0.0800. The van der Waals surface area contributed by atoms with Crippen molar-refractivity contribution in [1.82, 2.24) is 10.6 Å². The maximum absolute atomic E-state index is 3.62. The zero-order valence-electron chi connectivity index (χ0n) is 6.56. The Labute approximate surface area is 62.4 Å². The highest BCUT2D eigenvalue weighted by Crippen LogP contribution is 2.21. The van der Waals surface area contributed by atoms with Crippen molar-refractivity contribution in [1.29, 1.82) is 0 Å². The molecular formula is C8H16N2. The van der Waals surface area contributed by atoms with Crippen molar-refractivity contribution in [2.45, 2.75) is 31.8 Å². The molecule has 2 N–H and O–H groups in total. The van der Waals surface area contributed by atoms with Gasteiger partial charge in [0.2, 0.25) is 0 Å². The molecule has 1 atom stereocenters. The lowest BCUT2D eigenvalue weighted by Crippen LogP contribution is -2.52. The molecule has 1 saturated carbocycles. The summed E-state index contributed by atoms with van der Waals surface area (Å²) in [6.45, 7) is 4.76. The largest absolute Gasteiger partial charge is 0.316 e. The maximum Gasteiger partial charge on any atom is 0.00938 e. The van der Waals surface area contributed by atoms with Crippen molar-refractivity contribution in [3.63, 3.8) is 0 Å². The van der Waals surface area contributed by atoms with Crippen LogP contribution >= 0.6 is 0 Å². The van der Waals surface area contributed by atoms with E-state index in [1.807, 2.05) is 0 Å². The highest BCUT2D eigenvalue weighted by atomic mass is 15.0. The fourth-order valence-electron chi connectivity index (χ4n) is 1.42. The van der Waals surface area contributed by atoms with Gasteiger partial charge in [-0.25, -0.2) is 0 Å². The van der Waals surface area contributed by atoms with Gasteiger partial charge in [-0.2, -0.15) is 0 Å². The Kier molecular flexibility index (Phi) is 1.66. The summed E-state index contributed by atoms with van der Waals surface area (Å²) >= 11 is 0. The van der Waals surface area contributed by atoms with E-state index in [4.69, 9.17) is 0 Å². The van der Waals surface area contributed by atoms with Gasteiger partial charge in [-0.15, -0.1) is 0 Å². The summed E-state index contributed by atoms with van der Waals surface area (Å²) in [6, 6.07) is 1.62. The summed E-state index contributed by atoms with van der Waals surface area (Å²) in [7, 11) is 0. The Bertz CT molecular complexity index is 116. The second-order valence-electron chi connectivity index (χ2n) is 3.65. The van der Waals surface area contributed by atoms with E-state index in [1.165, 1.54) is 25.9 Å². The summed E-state index contributed by atoms with van der Waals surface area (Å²) in [5.41, 5.74) is 0. The SMILES string of the molecule is CC(NC1CC1)C1CNC1. The normalized spacial score (nSPS) is 29.7. The molecule has 1 aliphatic carbocycles. The van der Waals surface area contributed by atoms with Gasteiger partial charge in [0.05, 0.1) is 0 Å². The molecule has 10 heavy (non-hydrogen) atoms. The number of nitrogens with one attached hydrogen (secondary N) is 2. The van der Waals surface area contributed by atoms with E-state index in [2.05, 4.69) is 17.6 Å². The van der Waals surface area contributed by atoms with Gasteiger partial charge in [0, 0.05) is 25.2 Å². The molecule has 0 spiro atoms. The van der Waals surface area contributed by atoms with Crippen LogP contribution < -0.4 is 10.6 Å². The van der Waals surface area contributed by atoms with Crippen molar-refractivity contribution in [3.8, 4) is 0 Å². The fourth-order valence-corrected chi connectivity index (χ4v) is 1.42. The average molecular weight is 140 g/mol. The Morgan fingerprint density at radius 3 is 2.50 bits per heavy atom. The highest BCUT2D eigenvalue weighted by molar-refractivity contribution is 4.89. The van der Waals surface area contributed by atoms with Crippen LogP contribution in [0.15, 0.2) is 0 Å². The standard InChI is InChI=1S/C8H16N2/c1-6(7-4-9-5-7)10-8-2-3-8/h6-10H,2-5H2,1H3. The van der Waals surface area contributed by atoms with Crippen LogP contribution in [0.2, 0.25) is 0 Å². The molecule has 2 nitrogen and oxygen atoms in total. The molecule has 2 fully saturated rings. The predicted octanol–water partition coefficient (Wildman–Crippen LogP) is 0.346. The number of rotatable bonds is 3. The van der Waals surface area contributed by atoms with Gasteiger partial charge in [0.25, 0.3) is 0 Å². The van der Waals surface area contributed by atoms with Crippen molar-refractivity contribution in [2.75, 3.05) is 13.1 Å². The monoisotopic (exact) mass is 140 g/mol. The van der Waals surface area contributed by atoms with Gasteiger partial charge in [0.15, 0.2) is 0 Å². The lowest BCUT2D eigenvalue weighted by atomic mass is 9.95. The summed E-state index contributed by atoms with van der Waals surface area (Å²) in [5, 5.41) is 6.91. The van der Waals surface area contributed by atoms with E-state index in [0.717, 1.165) is 18.0 Å². The van der Waals surface area contributed by atoms with E-state index in [0.29, 0.717) is 0 Å². The van der Waals surface area contributed by atoms with Crippen molar-refractivity contribution < 1.29 is 0 Å². The van der Waals surface area contributed by atoms with Crippen LogP contribution in [0.3, 0.4) is 0 Å². The van der Waals surface area contributed by atoms with E-state index < -0.39 is 0 Å². The molecule has 1 unspecified atom stereocenters. The van der Waals surface area contributed by atoms with E-state index in [1.54, 1.807) is 0 Å². The molecule has 58 valence electrons. The average Bonchev–Trinajstić information content (AvgIpc) is 2.43. The minimum absolute atomic E-state index is 0.744. The maximum atomic E-state index is 3.62. The van der Waals surface area contributed by atoms with Crippen molar-refractivity contribution >= 4 is 0 Å². The van der Waals surface area contributed by atoms with Crippen LogP contribution in [-0.4, -0.2) is 25.2 Å². The zero-order valence-corrected chi connectivity index (χ0v) is 6.56. The summed E-state index contributed by atoms with van der Waals surface area (Å²) < 4.78 is 0.